The number of nitrogens with zero attached hydrogens (tertiary/aromatic N) is 2. The summed E-state index contributed by atoms with van der Waals surface area (Å²) >= 11 is 0. The average molecular weight is 370 g/mol. The van der Waals surface area contributed by atoms with Gasteiger partial charge in [0.05, 0.1) is 7.11 Å². The molecule has 0 aliphatic carbocycles. The zero-order valence-corrected chi connectivity index (χ0v) is 15.3. The van der Waals surface area contributed by atoms with Gasteiger partial charge in [0.1, 0.15) is 5.82 Å². The van der Waals surface area contributed by atoms with Gasteiger partial charge in [0.25, 0.3) is 0 Å². The molecule has 142 valence electrons. The van der Waals surface area contributed by atoms with Crippen LogP contribution in [0.3, 0.4) is 0 Å². The predicted octanol–water partition coefficient (Wildman–Crippen LogP) is 2.90. The number of hydrogen-bond acceptors (Lipinski definition) is 4. The summed E-state index contributed by atoms with van der Waals surface area (Å²) in [6.07, 6.45) is 3.25. The van der Waals surface area contributed by atoms with Crippen LogP contribution in [0.2, 0.25) is 0 Å². The van der Waals surface area contributed by atoms with Crippen molar-refractivity contribution in [3.8, 4) is 11.5 Å². The number of phenols is 1. The number of carbonyl (C=O) groups excluding carboxylic acids is 1. The fraction of sp³-hybridized carbons (Fsp3) is 0.286. The summed E-state index contributed by atoms with van der Waals surface area (Å²) in [6, 6.07) is 11.5. The molecule has 0 spiro atoms. The zero-order valence-electron chi connectivity index (χ0n) is 15.3. The lowest BCUT2D eigenvalue weighted by Gasteiger charge is -2.34. The van der Waals surface area contributed by atoms with Gasteiger partial charge in [-0.05, 0) is 41.5 Å². The maximum absolute atomic E-state index is 13.3. The first-order valence-corrected chi connectivity index (χ1v) is 8.86. The molecule has 3 rings (SSSR count). The van der Waals surface area contributed by atoms with Gasteiger partial charge in [-0.15, -0.1) is 0 Å². The van der Waals surface area contributed by atoms with Crippen LogP contribution in [0.15, 0.2) is 48.5 Å². The fourth-order valence-electron chi connectivity index (χ4n) is 3.09. The number of ether oxygens (including phenoxy) is 1. The highest BCUT2D eigenvalue weighted by molar-refractivity contribution is 5.92. The van der Waals surface area contributed by atoms with Crippen molar-refractivity contribution in [3.05, 3.63) is 65.5 Å². The minimum atomic E-state index is -0.225. The van der Waals surface area contributed by atoms with Gasteiger partial charge in [0.2, 0.25) is 5.91 Å². The monoisotopic (exact) mass is 370 g/mol. The Bertz CT molecular complexity index is 830. The molecule has 0 saturated carbocycles. The molecule has 27 heavy (non-hydrogen) atoms. The quantitative estimate of drug-likeness (QED) is 0.823. The van der Waals surface area contributed by atoms with Crippen LogP contribution in [0.4, 0.5) is 4.39 Å². The summed E-state index contributed by atoms with van der Waals surface area (Å²) in [5.74, 6) is 0.163. The smallest absolute Gasteiger partial charge is 0.246 e. The van der Waals surface area contributed by atoms with Gasteiger partial charge < -0.3 is 14.7 Å². The molecule has 6 heteroatoms. The molecule has 0 unspecified atom stereocenters. The number of benzene rings is 2. The van der Waals surface area contributed by atoms with Crippen LogP contribution >= 0.6 is 0 Å². The summed E-state index contributed by atoms with van der Waals surface area (Å²) in [4.78, 5) is 16.4. The second-order valence-electron chi connectivity index (χ2n) is 6.50. The van der Waals surface area contributed by atoms with Gasteiger partial charge >= 0.3 is 0 Å². The highest BCUT2D eigenvalue weighted by Crippen LogP contribution is 2.26. The van der Waals surface area contributed by atoms with Gasteiger partial charge in [-0.25, -0.2) is 4.39 Å². The van der Waals surface area contributed by atoms with Crippen molar-refractivity contribution < 1.29 is 19.0 Å². The molecule has 1 aliphatic rings. The standard InChI is InChI=1S/C21H23FN2O3/c1-27-20-14-16(5-7-19(20)25)6-8-21(26)24-11-9-23(10-12-24)15-17-3-2-4-18(22)13-17/h2-8,13-14,25H,9-12,15H2,1H3/b8-6+. The van der Waals surface area contributed by atoms with Crippen molar-refractivity contribution in [1.82, 2.24) is 9.80 Å². The highest BCUT2D eigenvalue weighted by Gasteiger charge is 2.19. The van der Waals surface area contributed by atoms with Crippen molar-refractivity contribution in [2.75, 3.05) is 33.3 Å². The van der Waals surface area contributed by atoms with E-state index >= 15 is 0 Å². The number of carbonyl (C=O) groups is 1. The predicted molar refractivity (Wildman–Crippen MR) is 102 cm³/mol. The van der Waals surface area contributed by atoms with E-state index in [0.29, 0.717) is 25.4 Å². The molecule has 2 aromatic carbocycles. The minimum Gasteiger partial charge on any atom is -0.504 e. The summed E-state index contributed by atoms with van der Waals surface area (Å²) in [5, 5.41) is 9.61. The molecule has 1 amide bonds. The normalized spacial score (nSPS) is 15.3. The second kappa shape index (κ2) is 8.68. The number of methoxy groups -OCH3 is 1. The molecule has 0 bridgehead atoms. The Kier molecular flexibility index (Phi) is 6.08. The van der Waals surface area contributed by atoms with Crippen molar-refractivity contribution in [3.63, 3.8) is 0 Å². The number of amides is 1. The Morgan fingerprint density at radius 1 is 1.19 bits per heavy atom. The number of aromatic hydroxyl groups is 1. The van der Waals surface area contributed by atoms with E-state index in [1.807, 2.05) is 6.07 Å². The lowest BCUT2D eigenvalue weighted by molar-refractivity contribution is -0.127. The Morgan fingerprint density at radius 2 is 1.96 bits per heavy atom. The van der Waals surface area contributed by atoms with E-state index in [1.54, 1.807) is 35.2 Å². The van der Waals surface area contributed by atoms with Crippen molar-refractivity contribution in [1.29, 1.82) is 0 Å². The zero-order chi connectivity index (χ0) is 19.2. The SMILES string of the molecule is COc1cc(/C=C/C(=O)N2CCN(Cc3cccc(F)c3)CC2)ccc1O. The van der Waals surface area contributed by atoms with Crippen LogP contribution in [0.25, 0.3) is 6.08 Å². The third kappa shape index (κ3) is 5.08. The Balaban J connectivity index is 1.52. The van der Waals surface area contributed by atoms with E-state index in [9.17, 15) is 14.3 Å². The number of rotatable bonds is 5. The Hall–Kier alpha value is -2.86. The third-order valence-electron chi connectivity index (χ3n) is 4.60. The van der Waals surface area contributed by atoms with Crippen LogP contribution in [-0.4, -0.2) is 54.1 Å². The van der Waals surface area contributed by atoms with E-state index in [-0.39, 0.29) is 17.5 Å². The van der Waals surface area contributed by atoms with E-state index in [2.05, 4.69) is 4.90 Å². The van der Waals surface area contributed by atoms with Crippen LogP contribution in [0.5, 0.6) is 11.5 Å². The number of halogens is 1. The summed E-state index contributed by atoms with van der Waals surface area (Å²) in [6.45, 7) is 3.46. The third-order valence-corrected chi connectivity index (χ3v) is 4.60. The Labute approximate surface area is 158 Å². The molecule has 1 fully saturated rings. The number of piperazine rings is 1. The maximum atomic E-state index is 13.3. The molecule has 1 aliphatic heterocycles. The van der Waals surface area contributed by atoms with Crippen molar-refractivity contribution >= 4 is 12.0 Å². The van der Waals surface area contributed by atoms with Gasteiger partial charge in [-0.1, -0.05) is 18.2 Å². The van der Waals surface area contributed by atoms with E-state index in [1.165, 1.54) is 25.3 Å². The molecular formula is C21H23FN2O3. The Morgan fingerprint density at radius 3 is 2.67 bits per heavy atom. The lowest BCUT2D eigenvalue weighted by Crippen LogP contribution is -2.47. The molecule has 5 nitrogen and oxygen atoms in total. The molecule has 1 N–H and O–H groups in total. The first kappa shape index (κ1) is 18.9. The number of phenolic OH excluding ortho intramolecular Hbond substituents is 1. The maximum Gasteiger partial charge on any atom is 0.246 e. The lowest BCUT2D eigenvalue weighted by atomic mass is 10.1. The first-order valence-electron chi connectivity index (χ1n) is 8.86. The number of hydrogen-bond donors (Lipinski definition) is 1. The molecule has 0 aromatic heterocycles. The minimum absolute atomic E-state index is 0.0487. The van der Waals surface area contributed by atoms with Crippen molar-refractivity contribution in [2.24, 2.45) is 0 Å². The molecule has 1 heterocycles. The summed E-state index contributed by atoms with van der Waals surface area (Å²) in [7, 11) is 1.48. The first-order chi connectivity index (χ1) is 13.0. The van der Waals surface area contributed by atoms with Crippen LogP contribution in [0, 0.1) is 5.82 Å². The molecular weight excluding hydrogens is 347 g/mol. The average Bonchev–Trinajstić information content (AvgIpc) is 2.67. The largest absolute Gasteiger partial charge is 0.504 e. The van der Waals surface area contributed by atoms with E-state index < -0.39 is 0 Å². The molecule has 0 atom stereocenters. The van der Waals surface area contributed by atoms with Crippen LogP contribution in [0.1, 0.15) is 11.1 Å². The molecule has 1 saturated heterocycles. The molecule has 2 aromatic rings. The van der Waals surface area contributed by atoms with E-state index in [4.69, 9.17) is 4.74 Å². The molecule has 0 radical (unpaired) electrons. The van der Waals surface area contributed by atoms with Gasteiger partial charge in [0.15, 0.2) is 11.5 Å². The van der Waals surface area contributed by atoms with Crippen LogP contribution < -0.4 is 4.74 Å². The van der Waals surface area contributed by atoms with Gasteiger partial charge in [-0.2, -0.15) is 0 Å². The van der Waals surface area contributed by atoms with Crippen LogP contribution in [-0.2, 0) is 11.3 Å². The second-order valence-corrected chi connectivity index (χ2v) is 6.50. The summed E-state index contributed by atoms with van der Waals surface area (Å²) < 4.78 is 18.4. The van der Waals surface area contributed by atoms with Gasteiger partial charge in [0, 0.05) is 38.8 Å². The topological polar surface area (TPSA) is 53.0 Å². The summed E-state index contributed by atoms with van der Waals surface area (Å²) in [5.41, 5.74) is 1.72. The van der Waals surface area contributed by atoms with Gasteiger partial charge in [-0.3, -0.25) is 9.69 Å². The van der Waals surface area contributed by atoms with E-state index in [0.717, 1.165) is 24.2 Å². The van der Waals surface area contributed by atoms with Crippen molar-refractivity contribution in [2.45, 2.75) is 6.54 Å². The fourth-order valence-corrected chi connectivity index (χ4v) is 3.09. The highest BCUT2D eigenvalue weighted by atomic mass is 19.1.